The largest absolute Gasteiger partial charge is 0.495 e. The van der Waals surface area contributed by atoms with Crippen LogP contribution in [-0.2, 0) is 0 Å². The highest BCUT2D eigenvalue weighted by molar-refractivity contribution is 6.36. The van der Waals surface area contributed by atoms with E-state index in [0.717, 1.165) is 30.1 Å². The molecular formula is C17H15Cl2N3O. The lowest BCUT2D eigenvalue weighted by Crippen LogP contribution is -2.11. The van der Waals surface area contributed by atoms with Gasteiger partial charge in [-0.25, -0.2) is 4.99 Å². The van der Waals surface area contributed by atoms with Crippen LogP contribution in [0.5, 0.6) is 5.75 Å². The maximum atomic E-state index is 6.12. The topological polar surface area (TPSA) is 37.2 Å². The van der Waals surface area contributed by atoms with Crippen LogP contribution in [0.4, 0.5) is 5.69 Å². The fourth-order valence-electron chi connectivity index (χ4n) is 2.36. The molecule has 118 valence electrons. The first-order chi connectivity index (χ1) is 11.2. The van der Waals surface area contributed by atoms with Crippen LogP contribution in [0.3, 0.4) is 0 Å². The Hall–Kier alpha value is -2.04. The van der Waals surface area contributed by atoms with E-state index in [0.29, 0.717) is 15.8 Å². The van der Waals surface area contributed by atoms with E-state index in [2.05, 4.69) is 10.1 Å². The van der Waals surface area contributed by atoms with Crippen LogP contribution in [0.2, 0.25) is 10.0 Å². The van der Waals surface area contributed by atoms with Gasteiger partial charge in [-0.15, -0.1) is 0 Å². The third kappa shape index (κ3) is 3.66. The summed E-state index contributed by atoms with van der Waals surface area (Å²) in [5.74, 6) is 1.31. The SMILES string of the molecule is COc1c(Cl)cc(Cl)cc1C=NC1=NN(c2ccccc2)CC1. The van der Waals surface area contributed by atoms with Gasteiger partial charge in [0.2, 0.25) is 0 Å². The van der Waals surface area contributed by atoms with Gasteiger partial charge in [0.15, 0.2) is 5.84 Å². The summed E-state index contributed by atoms with van der Waals surface area (Å²) in [6, 6.07) is 13.4. The molecule has 2 aromatic carbocycles. The molecule has 23 heavy (non-hydrogen) atoms. The Balaban J connectivity index is 1.81. The Labute approximate surface area is 145 Å². The van der Waals surface area contributed by atoms with Gasteiger partial charge in [-0.05, 0) is 24.3 Å². The first kappa shape index (κ1) is 15.8. The Morgan fingerprint density at radius 3 is 2.74 bits per heavy atom. The molecule has 0 radical (unpaired) electrons. The first-order valence-corrected chi connectivity index (χ1v) is 7.90. The fraction of sp³-hybridized carbons (Fsp3) is 0.176. The Bertz CT molecular complexity index is 760. The molecule has 0 saturated carbocycles. The zero-order chi connectivity index (χ0) is 16.2. The average molecular weight is 348 g/mol. The smallest absolute Gasteiger partial charge is 0.150 e. The lowest BCUT2D eigenvalue weighted by molar-refractivity contribution is 0.414. The number of anilines is 1. The molecule has 0 aliphatic carbocycles. The van der Waals surface area contributed by atoms with Crippen molar-refractivity contribution in [3.63, 3.8) is 0 Å². The maximum absolute atomic E-state index is 6.12. The number of halogens is 2. The number of amidine groups is 1. The van der Waals surface area contributed by atoms with Gasteiger partial charge in [-0.2, -0.15) is 5.10 Å². The molecule has 0 unspecified atom stereocenters. The number of aliphatic imine (C=N–C) groups is 1. The lowest BCUT2D eigenvalue weighted by atomic mass is 10.2. The molecule has 0 aromatic heterocycles. The summed E-state index contributed by atoms with van der Waals surface area (Å²) in [6.07, 6.45) is 2.46. The maximum Gasteiger partial charge on any atom is 0.150 e. The Morgan fingerprint density at radius 2 is 2.00 bits per heavy atom. The highest BCUT2D eigenvalue weighted by Gasteiger charge is 2.15. The molecule has 0 fully saturated rings. The summed E-state index contributed by atoms with van der Waals surface area (Å²) in [5.41, 5.74) is 1.78. The molecule has 2 aromatic rings. The van der Waals surface area contributed by atoms with Crippen molar-refractivity contribution >= 4 is 40.9 Å². The average Bonchev–Trinajstić information content (AvgIpc) is 3.02. The number of nitrogens with zero attached hydrogens (tertiary/aromatic N) is 3. The highest BCUT2D eigenvalue weighted by atomic mass is 35.5. The zero-order valence-corrected chi connectivity index (χ0v) is 14.1. The van der Waals surface area contributed by atoms with Crippen molar-refractivity contribution in [2.24, 2.45) is 10.1 Å². The van der Waals surface area contributed by atoms with Crippen LogP contribution < -0.4 is 9.75 Å². The molecule has 1 aliphatic rings. The lowest BCUT2D eigenvalue weighted by Gasteiger charge is -2.12. The summed E-state index contributed by atoms with van der Waals surface area (Å²) in [7, 11) is 1.57. The second-order valence-corrected chi connectivity index (χ2v) is 5.84. The fourth-order valence-corrected chi connectivity index (χ4v) is 2.94. The summed E-state index contributed by atoms with van der Waals surface area (Å²) in [6.45, 7) is 0.810. The van der Waals surface area contributed by atoms with Crippen LogP contribution >= 0.6 is 23.2 Å². The Morgan fingerprint density at radius 1 is 1.22 bits per heavy atom. The predicted molar refractivity (Wildman–Crippen MR) is 96.4 cm³/mol. The van der Waals surface area contributed by atoms with E-state index in [9.17, 15) is 0 Å². The minimum absolute atomic E-state index is 0.459. The van der Waals surface area contributed by atoms with Gasteiger partial charge < -0.3 is 4.74 Å². The van der Waals surface area contributed by atoms with Gasteiger partial charge in [0, 0.05) is 29.8 Å². The molecule has 0 amide bonds. The van der Waals surface area contributed by atoms with Crippen LogP contribution in [0, 0.1) is 0 Å². The minimum Gasteiger partial charge on any atom is -0.495 e. The second-order valence-electron chi connectivity index (χ2n) is 4.99. The summed E-state index contributed by atoms with van der Waals surface area (Å²) < 4.78 is 5.30. The third-order valence-electron chi connectivity index (χ3n) is 3.43. The number of rotatable bonds is 3. The van der Waals surface area contributed by atoms with Crippen LogP contribution in [0.15, 0.2) is 52.6 Å². The quantitative estimate of drug-likeness (QED) is 0.758. The third-order valence-corrected chi connectivity index (χ3v) is 3.93. The van der Waals surface area contributed by atoms with Gasteiger partial charge in [0.25, 0.3) is 0 Å². The predicted octanol–water partition coefficient (Wildman–Crippen LogP) is 4.64. The second kappa shape index (κ2) is 7.02. The number of ether oxygens (including phenoxy) is 1. The zero-order valence-electron chi connectivity index (χ0n) is 12.5. The molecule has 0 bridgehead atoms. The van der Waals surface area contributed by atoms with Crippen molar-refractivity contribution in [1.29, 1.82) is 0 Å². The van der Waals surface area contributed by atoms with E-state index in [1.165, 1.54) is 0 Å². The molecule has 4 nitrogen and oxygen atoms in total. The van der Waals surface area contributed by atoms with Crippen LogP contribution in [-0.4, -0.2) is 25.7 Å². The molecule has 1 aliphatic heterocycles. The molecule has 0 N–H and O–H groups in total. The van der Waals surface area contributed by atoms with Crippen LogP contribution in [0.25, 0.3) is 0 Å². The Kier molecular flexibility index (Phi) is 4.84. The van der Waals surface area contributed by atoms with Crippen molar-refractivity contribution in [3.05, 3.63) is 58.1 Å². The van der Waals surface area contributed by atoms with E-state index in [1.54, 1.807) is 25.5 Å². The number of para-hydroxylation sites is 1. The van der Waals surface area contributed by atoms with Crippen molar-refractivity contribution in [2.75, 3.05) is 18.7 Å². The molecule has 6 heteroatoms. The van der Waals surface area contributed by atoms with Crippen molar-refractivity contribution in [3.8, 4) is 5.75 Å². The van der Waals surface area contributed by atoms with Gasteiger partial charge >= 0.3 is 0 Å². The van der Waals surface area contributed by atoms with Gasteiger partial charge in [0.1, 0.15) is 5.75 Å². The normalized spacial score (nSPS) is 14.4. The van der Waals surface area contributed by atoms with E-state index >= 15 is 0 Å². The molecule has 0 atom stereocenters. The molecule has 0 spiro atoms. The monoisotopic (exact) mass is 347 g/mol. The number of benzene rings is 2. The van der Waals surface area contributed by atoms with Crippen molar-refractivity contribution in [2.45, 2.75) is 6.42 Å². The van der Waals surface area contributed by atoms with Crippen molar-refractivity contribution < 1.29 is 4.74 Å². The van der Waals surface area contributed by atoms with Gasteiger partial charge in [0.05, 0.1) is 17.8 Å². The number of hydrazone groups is 1. The number of hydrogen-bond donors (Lipinski definition) is 0. The van der Waals surface area contributed by atoms with E-state index in [-0.39, 0.29) is 0 Å². The van der Waals surface area contributed by atoms with Crippen LogP contribution in [0.1, 0.15) is 12.0 Å². The van der Waals surface area contributed by atoms with E-state index in [1.807, 2.05) is 35.3 Å². The minimum atomic E-state index is 0.459. The van der Waals surface area contributed by atoms with Gasteiger partial charge in [-0.3, -0.25) is 5.01 Å². The molecule has 1 heterocycles. The standard InChI is InChI=1S/C17H15Cl2N3O/c1-23-17-12(9-13(18)10-15(17)19)11-20-16-7-8-22(21-16)14-5-3-2-4-6-14/h2-6,9-11H,7-8H2,1H3. The molecule has 3 rings (SSSR count). The molecular weight excluding hydrogens is 333 g/mol. The summed E-state index contributed by atoms with van der Waals surface area (Å²) in [5, 5.41) is 7.46. The summed E-state index contributed by atoms with van der Waals surface area (Å²) >= 11 is 12.2. The van der Waals surface area contributed by atoms with Gasteiger partial charge in [-0.1, -0.05) is 41.4 Å². The van der Waals surface area contributed by atoms with E-state index in [4.69, 9.17) is 27.9 Å². The highest BCUT2D eigenvalue weighted by Crippen LogP contribution is 2.31. The van der Waals surface area contributed by atoms with Crippen molar-refractivity contribution in [1.82, 2.24) is 0 Å². The number of methoxy groups -OCH3 is 1. The molecule has 0 saturated heterocycles. The first-order valence-electron chi connectivity index (χ1n) is 7.14. The number of hydrogen-bond acceptors (Lipinski definition) is 4. The summed E-state index contributed by atoms with van der Waals surface area (Å²) in [4.78, 5) is 4.45. The van der Waals surface area contributed by atoms with E-state index < -0.39 is 0 Å².